The molecular weight excluding hydrogens is 502 g/mol. The normalized spacial score (nSPS) is 17.6. The van der Waals surface area contributed by atoms with E-state index in [0.717, 1.165) is 17.6 Å². The molecule has 0 aliphatic carbocycles. The van der Waals surface area contributed by atoms with Crippen molar-refractivity contribution in [2.75, 3.05) is 33.3 Å². The zero-order valence-electron chi connectivity index (χ0n) is 20.1. The number of hydrogen-bond donors (Lipinski definition) is 2. The largest absolute Gasteiger partial charge is 0.872 e. The van der Waals surface area contributed by atoms with Crippen molar-refractivity contribution < 1.29 is 29.1 Å². The maximum absolute atomic E-state index is 13.8. The second-order valence-corrected chi connectivity index (χ2v) is 9.26. The summed E-state index contributed by atoms with van der Waals surface area (Å²) in [6.45, 7) is 10.2. The molecule has 0 radical (unpaired) electrons. The van der Waals surface area contributed by atoms with E-state index >= 15 is 0 Å². The van der Waals surface area contributed by atoms with Gasteiger partial charge in [0.1, 0.15) is 5.69 Å². The molecule has 1 atom stereocenters. The van der Waals surface area contributed by atoms with Crippen molar-refractivity contribution in [1.82, 2.24) is 9.88 Å². The van der Waals surface area contributed by atoms with Gasteiger partial charge in [0.25, 0.3) is 5.91 Å². The summed E-state index contributed by atoms with van der Waals surface area (Å²) in [4.78, 5) is 44.2. The number of ether oxygens (including phenoxy) is 1. The molecule has 34 heavy (non-hydrogen) atoms. The van der Waals surface area contributed by atoms with Crippen LogP contribution in [0.15, 0.2) is 34.3 Å². The number of nitrogens with one attached hydrogen (secondary N) is 2. The fourth-order valence-corrected chi connectivity index (χ4v) is 4.77. The topological polar surface area (TPSA) is 107 Å². The number of quaternary nitrogens is 1. The van der Waals surface area contributed by atoms with E-state index in [9.17, 15) is 19.5 Å². The van der Waals surface area contributed by atoms with Crippen molar-refractivity contribution in [3.63, 3.8) is 0 Å². The number of aromatic nitrogens is 1. The van der Waals surface area contributed by atoms with Gasteiger partial charge in [-0.15, -0.1) is 0 Å². The first-order valence-electron chi connectivity index (χ1n) is 11.3. The molecule has 8 nitrogen and oxygen atoms in total. The van der Waals surface area contributed by atoms with Gasteiger partial charge in [0.15, 0.2) is 0 Å². The molecular formula is C25H30BrN3O5. The molecule has 1 amide bonds. The SMILES string of the molecule is CC[NH+](CC)CCN1C(=O)C(=O)/C(=C(/[O-])c2c(C)[nH]c(C(=O)OC)c2C)C1c1ccc(Br)cc1. The molecule has 2 aromatic rings. The predicted molar refractivity (Wildman–Crippen MR) is 129 cm³/mol. The first-order chi connectivity index (χ1) is 16.2. The Morgan fingerprint density at radius 3 is 2.35 bits per heavy atom. The summed E-state index contributed by atoms with van der Waals surface area (Å²) in [5.41, 5.74) is 1.79. The molecule has 0 saturated carbocycles. The molecule has 1 aliphatic rings. The monoisotopic (exact) mass is 531 g/mol. The molecule has 182 valence electrons. The number of Topliss-reactive ketones (excluding diaryl/α,β-unsaturated/α-hetero) is 1. The first-order valence-corrected chi connectivity index (χ1v) is 12.1. The van der Waals surface area contributed by atoms with E-state index in [1.165, 1.54) is 16.9 Å². The number of methoxy groups -OCH3 is 1. The van der Waals surface area contributed by atoms with E-state index in [1.54, 1.807) is 13.8 Å². The molecule has 1 unspecified atom stereocenters. The molecule has 1 saturated heterocycles. The molecule has 2 N–H and O–H groups in total. The Morgan fingerprint density at radius 2 is 1.79 bits per heavy atom. The average molecular weight is 532 g/mol. The van der Waals surface area contributed by atoms with Gasteiger partial charge >= 0.3 is 5.97 Å². The quantitative estimate of drug-likeness (QED) is 0.231. The summed E-state index contributed by atoms with van der Waals surface area (Å²) in [5, 5.41) is 13.8. The van der Waals surface area contributed by atoms with Gasteiger partial charge in [-0.1, -0.05) is 33.8 Å². The van der Waals surface area contributed by atoms with Crippen LogP contribution in [-0.2, 0) is 14.3 Å². The zero-order chi connectivity index (χ0) is 25.2. The lowest BCUT2D eigenvalue weighted by atomic mass is 9.94. The summed E-state index contributed by atoms with van der Waals surface area (Å²) in [5.74, 6) is -2.63. The van der Waals surface area contributed by atoms with Gasteiger partial charge in [-0.25, -0.2) is 4.79 Å². The Kier molecular flexibility index (Phi) is 7.99. The minimum Gasteiger partial charge on any atom is -0.872 e. The number of aromatic amines is 1. The number of rotatable bonds is 8. The van der Waals surface area contributed by atoms with Crippen molar-refractivity contribution in [2.45, 2.75) is 33.7 Å². The lowest BCUT2D eigenvalue weighted by Crippen LogP contribution is -3.12. The number of aryl methyl sites for hydroxylation is 1. The van der Waals surface area contributed by atoms with Gasteiger partial charge in [-0.05, 0) is 56.5 Å². The number of likely N-dealkylation sites (tertiary alicyclic amines) is 1. The molecule has 1 aromatic heterocycles. The number of hydrogen-bond acceptors (Lipinski definition) is 5. The third-order valence-corrected chi connectivity index (χ3v) is 7.00. The highest BCUT2D eigenvalue weighted by Crippen LogP contribution is 2.40. The lowest BCUT2D eigenvalue weighted by molar-refractivity contribution is -0.895. The first kappa shape index (κ1) is 25.7. The van der Waals surface area contributed by atoms with Crippen molar-refractivity contribution in [3.05, 3.63) is 62.4 Å². The number of carbonyl (C=O) groups excluding carboxylic acids is 3. The molecule has 9 heteroatoms. The molecule has 0 bridgehead atoms. The zero-order valence-corrected chi connectivity index (χ0v) is 21.7. The van der Waals surface area contributed by atoms with Crippen LogP contribution in [0.5, 0.6) is 0 Å². The molecule has 1 aromatic carbocycles. The highest BCUT2D eigenvalue weighted by atomic mass is 79.9. The van der Waals surface area contributed by atoms with Crippen molar-refractivity contribution >= 4 is 39.3 Å². The van der Waals surface area contributed by atoms with Crippen LogP contribution >= 0.6 is 15.9 Å². The van der Waals surface area contributed by atoms with Crippen molar-refractivity contribution in [2.24, 2.45) is 0 Å². The maximum atomic E-state index is 13.8. The molecule has 1 fully saturated rings. The lowest BCUT2D eigenvalue weighted by Gasteiger charge is -2.28. The standard InChI is InChI=1S/C25H30BrN3O5/c1-6-28(7-2)12-13-29-21(16-8-10-17(26)11-9-16)19(23(31)24(29)32)22(30)18-14(3)20(25(33)34-5)27-15(18)4/h8-11,21,27,30H,6-7,12-13H2,1-5H3/b22-19+. The number of nitrogens with zero attached hydrogens (tertiary/aromatic N) is 1. The number of likely N-dealkylation sites (N-methyl/N-ethyl adjacent to an activating group) is 1. The number of amides is 1. The number of benzene rings is 1. The summed E-state index contributed by atoms with van der Waals surface area (Å²) >= 11 is 3.41. The van der Waals surface area contributed by atoms with Crippen LogP contribution in [0.25, 0.3) is 5.76 Å². The van der Waals surface area contributed by atoms with E-state index in [1.807, 2.05) is 24.3 Å². The van der Waals surface area contributed by atoms with Crippen LogP contribution < -0.4 is 10.0 Å². The fraction of sp³-hybridized carbons (Fsp3) is 0.400. The number of esters is 1. The number of carbonyl (C=O) groups is 3. The molecule has 1 aliphatic heterocycles. The average Bonchev–Trinajstić information content (AvgIpc) is 3.26. The van der Waals surface area contributed by atoms with Gasteiger partial charge in [0, 0.05) is 15.7 Å². The van der Waals surface area contributed by atoms with Crippen LogP contribution in [0.2, 0.25) is 0 Å². The van der Waals surface area contributed by atoms with Gasteiger partial charge in [-0.2, -0.15) is 0 Å². The number of H-pyrrole nitrogens is 1. The molecule has 3 rings (SSSR count). The summed E-state index contributed by atoms with van der Waals surface area (Å²) in [7, 11) is 1.26. The van der Waals surface area contributed by atoms with Gasteiger partial charge < -0.3 is 24.6 Å². The van der Waals surface area contributed by atoms with Gasteiger partial charge in [-0.3, -0.25) is 9.59 Å². The van der Waals surface area contributed by atoms with Crippen LogP contribution in [0.3, 0.4) is 0 Å². The number of halogens is 1. The highest BCUT2D eigenvalue weighted by Gasteiger charge is 2.44. The third-order valence-electron chi connectivity index (χ3n) is 6.48. The Labute approximate surface area is 207 Å². The van der Waals surface area contributed by atoms with Crippen LogP contribution in [0.1, 0.15) is 52.8 Å². The molecule has 0 spiro atoms. The fourth-order valence-electron chi connectivity index (χ4n) is 4.51. The van der Waals surface area contributed by atoms with Crippen LogP contribution in [0.4, 0.5) is 0 Å². The van der Waals surface area contributed by atoms with Crippen LogP contribution in [-0.4, -0.2) is 60.8 Å². The summed E-state index contributed by atoms with van der Waals surface area (Å²) < 4.78 is 5.65. The predicted octanol–water partition coefficient (Wildman–Crippen LogP) is 1.33. The second kappa shape index (κ2) is 10.6. The Bertz CT molecular complexity index is 1130. The highest BCUT2D eigenvalue weighted by molar-refractivity contribution is 9.10. The second-order valence-electron chi connectivity index (χ2n) is 8.35. The minimum absolute atomic E-state index is 0.0940. The van der Waals surface area contributed by atoms with E-state index in [-0.39, 0.29) is 16.8 Å². The number of ketones is 1. The minimum atomic E-state index is -0.800. The Balaban J connectivity index is 2.17. The van der Waals surface area contributed by atoms with E-state index in [4.69, 9.17) is 4.74 Å². The van der Waals surface area contributed by atoms with Crippen molar-refractivity contribution in [1.29, 1.82) is 0 Å². The molecule has 2 heterocycles. The Morgan fingerprint density at radius 1 is 1.18 bits per heavy atom. The van der Waals surface area contributed by atoms with E-state index < -0.39 is 29.5 Å². The van der Waals surface area contributed by atoms with Crippen molar-refractivity contribution in [3.8, 4) is 0 Å². The van der Waals surface area contributed by atoms with Crippen LogP contribution in [0, 0.1) is 13.8 Å². The summed E-state index contributed by atoms with van der Waals surface area (Å²) in [6.07, 6.45) is 0. The van der Waals surface area contributed by atoms with Gasteiger partial charge in [0.2, 0.25) is 5.78 Å². The van der Waals surface area contributed by atoms with Gasteiger partial charge in [0.05, 0.1) is 39.3 Å². The van der Waals surface area contributed by atoms with E-state index in [0.29, 0.717) is 29.9 Å². The van der Waals surface area contributed by atoms with E-state index in [2.05, 4.69) is 34.8 Å². The summed E-state index contributed by atoms with van der Waals surface area (Å²) in [6, 6.07) is 6.45. The third kappa shape index (κ3) is 4.67. The smallest absolute Gasteiger partial charge is 0.354 e. The Hall–Kier alpha value is -2.91. The maximum Gasteiger partial charge on any atom is 0.354 e.